The van der Waals surface area contributed by atoms with Crippen molar-refractivity contribution in [2.24, 2.45) is 0 Å². The number of likely N-dealkylation sites (tertiary alicyclic amines) is 1. The first-order valence-electron chi connectivity index (χ1n) is 13.3. The first kappa shape index (κ1) is 26.6. The van der Waals surface area contributed by atoms with Crippen molar-refractivity contribution in [2.75, 3.05) is 44.2 Å². The van der Waals surface area contributed by atoms with E-state index < -0.39 is 10.0 Å². The topological polar surface area (TPSA) is 78.9 Å². The van der Waals surface area contributed by atoms with Crippen LogP contribution in [0.1, 0.15) is 62.5 Å². The first-order valence-corrected chi connectivity index (χ1v) is 14.7. The maximum absolute atomic E-state index is 13.0. The highest BCUT2D eigenvalue weighted by molar-refractivity contribution is 7.89. The summed E-state index contributed by atoms with van der Waals surface area (Å²) in [5, 5.41) is 0. The molecule has 0 spiro atoms. The van der Waals surface area contributed by atoms with Gasteiger partial charge < -0.3 is 14.5 Å². The van der Waals surface area contributed by atoms with Crippen molar-refractivity contribution in [1.82, 2.24) is 9.62 Å². The van der Waals surface area contributed by atoms with E-state index in [-0.39, 0.29) is 16.8 Å². The lowest BCUT2D eigenvalue weighted by atomic mass is 9.96. The number of hydrogen-bond donors (Lipinski definition) is 1. The smallest absolute Gasteiger partial charge is 0.318 e. The van der Waals surface area contributed by atoms with Crippen LogP contribution in [0.2, 0.25) is 0 Å². The molecule has 2 aliphatic heterocycles. The Bertz CT molecular complexity index is 1120. The summed E-state index contributed by atoms with van der Waals surface area (Å²) in [7, 11) is -3.63. The fourth-order valence-electron chi connectivity index (χ4n) is 5.12. The summed E-state index contributed by atoms with van der Waals surface area (Å²) in [6.07, 6.45) is 6.67. The average molecular weight is 514 g/mol. The van der Waals surface area contributed by atoms with E-state index >= 15 is 0 Å². The van der Waals surface area contributed by atoms with Crippen molar-refractivity contribution in [3.63, 3.8) is 0 Å². The molecule has 2 fully saturated rings. The SMILES string of the molecule is CCC(C(=O)Oc1ccc(S(=O)(=O)NCCN2CCCCC2)cc1C)c1ccc(N2CCCC2)cc1. The van der Waals surface area contributed by atoms with Crippen LogP contribution in [-0.4, -0.2) is 58.6 Å². The second-order valence-corrected chi connectivity index (χ2v) is 11.7. The molecule has 4 rings (SSSR count). The van der Waals surface area contributed by atoms with Crippen LogP contribution >= 0.6 is 0 Å². The molecule has 0 bridgehead atoms. The first-order chi connectivity index (χ1) is 17.4. The van der Waals surface area contributed by atoms with Gasteiger partial charge in [-0.15, -0.1) is 0 Å². The number of carbonyl (C=O) groups is 1. The molecule has 1 atom stereocenters. The number of aryl methyl sites for hydroxylation is 1. The molecule has 7 nitrogen and oxygen atoms in total. The molecule has 0 aliphatic carbocycles. The average Bonchev–Trinajstić information content (AvgIpc) is 3.42. The van der Waals surface area contributed by atoms with Gasteiger partial charge in [0.2, 0.25) is 10.0 Å². The predicted octanol–water partition coefficient (Wildman–Crippen LogP) is 4.46. The van der Waals surface area contributed by atoms with Gasteiger partial charge in [-0.3, -0.25) is 4.79 Å². The summed E-state index contributed by atoms with van der Waals surface area (Å²) in [5.41, 5.74) is 2.73. The minimum Gasteiger partial charge on any atom is -0.426 e. The fraction of sp³-hybridized carbons (Fsp3) is 0.536. The lowest BCUT2D eigenvalue weighted by Crippen LogP contribution is -2.37. The van der Waals surface area contributed by atoms with E-state index in [0.29, 0.717) is 30.8 Å². The van der Waals surface area contributed by atoms with Crippen LogP contribution in [0.3, 0.4) is 0 Å². The Morgan fingerprint density at radius 1 is 0.972 bits per heavy atom. The number of piperidine rings is 1. The van der Waals surface area contributed by atoms with Crippen LogP contribution in [0.15, 0.2) is 47.4 Å². The Hall–Kier alpha value is -2.42. The Labute approximate surface area is 215 Å². The third kappa shape index (κ3) is 6.66. The summed E-state index contributed by atoms with van der Waals surface area (Å²) < 4.78 is 34.0. The summed E-state index contributed by atoms with van der Waals surface area (Å²) in [5.74, 6) is -0.318. The van der Waals surface area contributed by atoms with E-state index in [1.54, 1.807) is 19.1 Å². The van der Waals surface area contributed by atoms with E-state index in [1.807, 2.05) is 19.1 Å². The number of ether oxygens (including phenoxy) is 1. The van der Waals surface area contributed by atoms with Gasteiger partial charge in [0.15, 0.2) is 0 Å². The highest BCUT2D eigenvalue weighted by Gasteiger charge is 2.23. The van der Waals surface area contributed by atoms with Crippen molar-refractivity contribution in [1.29, 1.82) is 0 Å². The monoisotopic (exact) mass is 513 g/mol. The van der Waals surface area contributed by atoms with Gasteiger partial charge in [-0.1, -0.05) is 25.5 Å². The van der Waals surface area contributed by atoms with Gasteiger partial charge in [0.25, 0.3) is 0 Å². The van der Waals surface area contributed by atoms with Gasteiger partial charge >= 0.3 is 5.97 Å². The van der Waals surface area contributed by atoms with Crippen molar-refractivity contribution < 1.29 is 17.9 Å². The van der Waals surface area contributed by atoms with Crippen molar-refractivity contribution in [3.8, 4) is 5.75 Å². The van der Waals surface area contributed by atoms with Crippen LogP contribution < -0.4 is 14.4 Å². The van der Waals surface area contributed by atoms with Crippen LogP contribution in [0.5, 0.6) is 5.75 Å². The van der Waals surface area contributed by atoms with E-state index in [9.17, 15) is 13.2 Å². The molecule has 0 amide bonds. The number of anilines is 1. The molecule has 0 aromatic heterocycles. The van der Waals surface area contributed by atoms with Gasteiger partial charge in [0, 0.05) is 31.9 Å². The number of hydrogen-bond acceptors (Lipinski definition) is 6. The summed E-state index contributed by atoms with van der Waals surface area (Å²) in [6, 6.07) is 12.8. The molecular formula is C28H39N3O4S. The van der Waals surface area contributed by atoms with Gasteiger partial charge in [-0.25, -0.2) is 13.1 Å². The van der Waals surface area contributed by atoms with Gasteiger partial charge in [-0.05, 0) is 93.6 Å². The maximum atomic E-state index is 13.0. The fourth-order valence-corrected chi connectivity index (χ4v) is 6.22. The Kier molecular flexibility index (Phi) is 9.04. The third-order valence-electron chi connectivity index (χ3n) is 7.30. The van der Waals surface area contributed by atoms with Crippen LogP contribution in [0, 0.1) is 6.92 Å². The number of sulfonamides is 1. The minimum absolute atomic E-state index is 0.183. The summed E-state index contributed by atoms with van der Waals surface area (Å²) in [4.78, 5) is 17.9. The van der Waals surface area contributed by atoms with E-state index in [1.165, 1.54) is 43.9 Å². The lowest BCUT2D eigenvalue weighted by Gasteiger charge is -2.26. The van der Waals surface area contributed by atoms with Crippen molar-refractivity contribution >= 4 is 21.7 Å². The molecule has 2 heterocycles. The number of nitrogens with one attached hydrogen (secondary N) is 1. The van der Waals surface area contributed by atoms with E-state index in [4.69, 9.17) is 4.74 Å². The van der Waals surface area contributed by atoms with Gasteiger partial charge in [-0.2, -0.15) is 0 Å². The molecule has 196 valence electrons. The highest BCUT2D eigenvalue weighted by atomic mass is 32.2. The van der Waals surface area contributed by atoms with Crippen molar-refractivity contribution in [3.05, 3.63) is 53.6 Å². The molecule has 36 heavy (non-hydrogen) atoms. The second-order valence-electron chi connectivity index (χ2n) is 9.89. The quantitative estimate of drug-likeness (QED) is 0.373. The number of carbonyl (C=O) groups excluding carboxylic acids is 1. The summed E-state index contributed by atoms with van der Waals surface area (Å²) in [6.45, 7) is 9.05. The van der Waals surface area contributed by atoms with Gasteiger partial charge in [0.1, 0.15) is 5.75 Å². The lowest BCUT2D eigenvalue weighted by molar-refractivity contribution is -0.136. The normalized spacial score (nSPS) is 17.8. The zero-order chi connectivity index (χ0) is 25.5. The molecular weight excluding hydrogens is 474 g/mol. The molecule has 8 heteroatoms. The van der Waals surface area contributed by atoms with Crippen LogP contribution in [-0.2, 0) is 14.8 Å². The second kappa shape index (κ2) is 12.2. The standard InChI is InChI=1S/C28H39N3O4S/c1-3-26(23-9-11-24(12-10-23)31-18-7-8-19-31)28(32)35-27-14-13-25(21-22(27)2)36(33,34)29-15-20-30-16-5-4-6-17-30/h9-14,21,26,29H,3-8,15-20H2,1-2H3. The molecule has 1 unspecified atom stereocenters. The zero-order valence-corrected chi connectivity index (χ0v) is 22.4. The molecule has 2 aromatic rings. The maximum Gasteiger partial charge on any atom is 0.318 e. The largest absolute Gasteiger partial charge is 0.426 e. The molecule has 2 saturated heterocycles. The van der Waals surface area contributed by atoms with Gasteiger partial charge in [0.05, 0.1) is 10.8 Å². The molecule has 1 N–H and O–H groups in total. The third-order valence-corrected chi connectivity index (χ3v) is 8.75. The zero-order valence-electron chi connectivity index (χ0n) is 21.5. The Balaban J connectivity index is 1.36. The predicted molar refractivity (Wildman–Crippen MR) is 143 cm³/mol. The van der Waals surface area contributed by atoms with Crippen LogP contribution in [0.25, 0.3) is 0 Å². The van der Waals surface area contributed by atoms with E-state index in [0.717, 1.165) is 31.7 Å². The Morgan fingerprint density at radius 2 is 1.64 bits per heavy atom. The number of benzene rings is 2. The summed E-state index contributed by atoms with van der Waals surface area (Å²) >= 11 is 0. The number of esters is 1. The highest BCUT2D eigenvalue weighted by Crippen LogP contribution is 2.28. The van der Waals surface area contributed by atoms with Crippen molar-refractivity contribution in [2.45, 2.75) is 63.2 Å². The molecule has 2 aliphatic rings. The minimum atomic E-state index is -3.63. The molecule has 0 saturated carbocycles. The number of rotatable bonds is 10. The van der Waals surface area contributed by atoms with Crippen LogP contribution in [0.4, 0.5) is 5.69 Å². The Morgan fingerprint density at radius 3 is 2.28 bits per heavy atom. The molecule has 2 aromatic carbocycles. The number of nitrogens with zero attached hydrogens (tertiary/aromatic N) is 2. The molecule has 0 radical (unpaired) electrons. The van der Waals surface area contributed by atoms with E-state index in [2.05, 4.69) is 26.7 Å².